The van der Waals surface area contributed by atoms with Crippen molar-refractivity contribution in [1.29, 1.82) is 0 Å². The topological polar surface area (TPSA) is 35.6 Å². The Labute approximate surface area is 166 Å². The summed E-state index contributed by atoms with van der Waals surface area (Å²) in [5.74, 6) is 0.0229. The van der Waals surface area contributed by atoms with Crippen LogP contribution in [0.3, 0.4) is 0 Å². The summed E-state index contributed by atoms with van der Waals surface area (Å²) in [4.78, 5) is 17.2. The van der Waals surface area contributed by atoms with Gasteiger partial charge in [-0.1, -0.05) is 54.1 Å². The number of rotatable bonds is 6. The van der Waals surface area contributed by atoms with Gasteiger partial charge in [0.15, 0.2) is 0 Å². The summed E-state index contributed by atoms with van der Waals surface area (Å²) in [7, 11) is 0. The van der Waals surface area contributed by atoms with Crippen LogP contribution in [0.25, 0.3) is 6.08 Å². The fourth-order valence-electron chi connectivity index (χ4n) is 3.18. The minimum atomic E-state index is -0.150. The van der Waals surface area contributed by atoms with Crippen molar-refractivity contribution in [3.05, 3.63) is 71.3 Å². The molecule has 0 radical (unpaired) electrons. The zero-order chi connectivity index (χ0) is 19.1. The summed E-state index contributed by atoms with van der Waals surface area (Å²) in [5, 5.41) is 3.63. The third kappa shape index (κ3) is 5.93. The highest BCUT2D eigenvalue weighted by Crippen LogP contribution is 2.15. The number of anilines is 1. The molecule has 2 aromatic carbocycles. The molecule has 1 fully saturated rings. The van der Waals surface area contributed by atoms with Gasteiger partial charge < -0.3 is 5.32 Å². The molecule has 1 N–H and O–H groups in total. The Hall–Kier alpha value is -2.14. The molecule has 1 aliphatic heterocycles. The number of carbonyl (C=O) groups is 1. The van der Waals surface area contributed by atoms with Gasteiger partial charge in [-0.15, -0.1) is 0 Å². The average Bonchev–Trinajstić information content (AvgIpc) is 2.70. The molecule has 1 atom stereocenters. The molecule has 1 aliphatic rings. The maximum Gasteiger partial charge on any atom is 0.241 e. The van der Waals surface area contributed by atoms with Crippen molar-refractivity contribution in [1.82, 2.24) is 9.80 Å². The molecule has 27 heavy (non-hydrogen) atoms. The Balaban J connectivity index is 1.43. The fourth-order valence-corrected chi connectivity index (χ4v) is 3.31. The van der Waals surface area contributed by atoms with E-state index in [9.17, 15) is 4.79 Å². The van der Waals surface area contributed by atoms with Gasteiger partial charge in [0.2, 0.25) is 5.91 Å². The molecular weight excluding hydrogens is 358 g/mol. The minimum Gasteiger partial charge on any atom is -0.325 e. The smallest absolute Gasteiger partial charge is 0.241 e. The zero-order valence-corrected chi connectivity index (χ0v) is 16.4. The number of piperazine rings is 1. The first-order valence-electron chi connectivity index (χ1n) is 9.36. The molecule has 3 rings (SSSR count). The number of hydrogen-bond donors (Lipinski definition) is 1. The van der Waals surface area contributed by atoms with Gasteiger partial charge in [-0.3, -0.25) is 14.6 Å². The van der Waals surface area contributed by atoms with E-state index in [0.717, 1.165) is 38.4 Å². The van der Waals surface area contributed by atoms with Gasteiger partial charge in [0.05, 0.1) is 6.04 Å². The number of nitrogens with one attached hydrogen (secondary N) is 1. The van der Waals surface area contributed by atoms with Crippen LogP contribution in [0.4, 0.5) is 5.69 Å². The molecule has 0 bridgehead atoms. The van der Waals surface area contributed by atoms with Crippen LogP contribution in [0.1, 0.15) is 12.5 Å². The number of carbonyl (C=O) groups excluding carboxylic acids is 1. The van der Waals surface area contributed by atoms with Gasteiger partial charge in [0.25, 0.3) is 0 Å². The lowest BCUT2D eigenvalue weighted by atomic mass is 10.2. The lowest BCUT2D eigenvalue weighted by Crippen LogP contribution is -2.52. The lowest BCUT2D eigenvalue weighted by molar-refractivity contribution is -0.121. The highest BCUT2D eigenvalue weighted by molar-refractivity contribution is 6.30. The van der Waals surface area contributed by atoms with Crippen molar-refractivity contribution in [3.63, 3.8) is 0 Å². The van der Waals surface area contributed by atoms with Crippen molar-refractivity contribution >= 4 is 29.3 Å². The minimum absolute atomic E-state index is 0.0229. The van der Waals surface area contributed by atoms with Crippen LogP contribution in [0.2, 0.25) is 5.02 Å². The Morgan fingerprint density at radius 2 is 1.74 bits per heavy atom. The number of benzene rings is 2. The lowest BCUT2D eigenvalue weighted by Gasteiger charge is -2.37. The number of hydrogen-bond acceptors (Lipinski definition) is 3. The van der Waals surface area contributed by atoms with E-state index in [1.165, 1.54) is 5.56 Å². The average molecular weight is 384 g/mol. The Morgan fingerprint density at radius 3 is 2.41 bits per heavy atom. The van der Waals surface area contributed by atoms with E-state index in [2.05, 4.69) is 51.5 Å². The molecule has 2 aromatic rings. The molecule has 0 saturated carbocycles. The first-order valence-corrected chi connectivity index (χ1v) is 9.74. The van der Waals surface area contributed by atoms with Crippen molar-refractivity contribution < 1.29 is 4.79 Å². The summed E-state index contributed by atoms with van der Waals surface area (Å²) in [5.41, 5.74) is 2.00. The molecule has 142 valence electrons. The van der Waals surface area contributed by atoms with Crippen LogP contribution in [0, 0.1) is 0 Å². The Morgan fingerprint density at radius 1 is 1.07 bits per heavy atom. The van der Waals surface area contributed by atoms with Crippen molar-refractivity contribution in [3.8, 4) is 0 Å². The second-order valence-corrected chi connectivity index (χ2v) is 7.26. The molecule has 0 aromatic heterocycles. The van der Waals surface area contributed by atoms with Crippen LogP contribution in [-0.4, -0.2) is 54.5 Å². The van der Waals surface area contributed by atoms with Crippen molar-refractivity contribution in [2.45, 2.75) is 13.0 Å². The van der Waals surface area contributed by atoms with Gasteiger partial charge in [-0.05, 0) is 36.8 Å². The highest BCUT2D eigenvalue weighted by Gasteiger charge is 2.25. The molecule has 1 heterocycles. The predicted molar refractivity (Wildman–Crippen MR) is 113 cm³/mol. The monoisotopic (exact) mass is 383 g/mol. The van der Waals surface area contributed by atoms with Crippen LogP contribution < -0.4 is 5.32 Å². The van der Waals surface area contributed by atoms with Gasteiger partial charge in [0, 0.05) is 43.4 Å². The third-order valence-electron chi connectivity index (χ3n) is 4.92. The van der Waals surface area contributed by atoms with E-state index in [0.29, 0.717) is 5.02 Å². The SMILES string of the molecule is C[C@@H](C(=O)Nc1ccc(Cl)cc1)N1CCN(C/C=C/c2ccccc2)CC1. The molecule has 0 aliphatic carbocycles. The Bertz CT molecular complexity index is 753. The second kappa shape index (κ2) is 9.70. The molecule has 4 nitrogen and oxygen atoms in total. The molecular formula is C22H26ClN3O. The molecule has 0 unspecified atom stereocenters. The highest BCUT2D eigenvalue weighted by atomic mass is 35.5. The van der Waals surface area contributed by atoms with Crippen molar-refractivity contribution in [2.75, 3.05) is 38.0 Å². The van der Waals surface area contributed by atoms with Gasteiger partial charge in [0.1, 0.15) is 0 Å². The normalized spacial score (nSPS) is 17.1. The van der Waals surface area contributed by atoms with E-state index in [-0.39, 0.29) is 11.9 Å². The summed E-state index contributed by atoms with van der Waals surface area (Å²) < 4.78 is 0. The van der Waals surface area contributed by atoms with Crippen LogP contribution in [-0.2, 0) is 4.79 Å². The van der Waals surface area contributed by atoms with Crippen LogP contribution in [0.15, 0.2) is 60.7 Å². The zero-order valence-electron chi connectivity index (χ0n) is 15.6. The second-order valence-electron chi connectivity index (χ2n) is 6.82. The van der Waals surface area contributed by atoms with E-state index < -0.39 is 0 Å². The first kappa shape index (κ1) is 19.6. The fraction of sp³-hybridized carbons (Fsp3) is 0.318. The van der Waals surface area contributed by atoms with E-state index in [1.54, 1.807) is 12.1 Å². The molecule has 1 amide bonds. The van der Waals surface area contributed by atoms with Gasteiger partial charge in [-0.2, -0.15) is 0 Å². The van der Waals surface area contributed by atoms with Crippen LogP contribution in [0.5, 0.6) is 0 Å². The number of nitrogens with zero attached hydrogens (tertiary/aromatic N) is 2. The van der Waals surface area contributed by atoms with Gasteiger partial charge >= 0.3 is 0 Å². The Kier molecular flexibility index (Phi) is 7.04. The summed E-state index contributed by atoms with van der Waals surface area (Å²) in [6.07, 6.45) is 4.37. The number of halogens is 1. The number of amides is 1. The summed E-state index contributed by atoms with van der Waals surface area (Å²) in [6, 6.07) is 17.4. The standard InChI is InChI=1S/C22H26ClN3O/c1-18(22(27)24-21-11-9-20(23)10-12-21)26-16-14-25(15-17-26)13-5-8-19-6-3-2-4-7-19/h2-12,18H,13-17H2,1H3,(H,24,27)/b8-5+/t18-/m0/s1. The summed E-state index contributed by atoms with van der Waals surface area (Å²) in [6.45, 7) is 6.64. The van der Waals surface area contributed by atoms with E-state index in [1.807, 2.05) is 25.1 Å². The maximum atomic E-state index is 12.5. The molecule has 5 heteroatoms. The predicted octanol–water partition coefficient (Wildman–Crippen LogP) is 4.00. The largest absolute Gasteiger partial charge is 0.325 e. The quantitative estimate of drug-likeness (QED) is 0.819. The molecule has 1 saturated heterocycles. The van der Waals surface area contributed by atoms with E-state index in [4.69, 9.17) is 11.6 Å². The van der Waals surface area contributed by atoms with Crippen molar-refractivity contribution in [2.24, 2.45) is 0 Å². The van der Waals surface area contributed by atoms with Gasteiger partial charge in [-0.25, -0.2) is 0 Å². The maximum absolute atomic E-state index is 12.5. The summed E-state index contributed by atoms with van der Waals surface area (Å²) >= 11 is 5.89. The first-order chi connectivity index (χ1) is 13.1. The van der Waals surface area contributed by atoms with E-state index >= 15 is 0 Å². The van der Waals surface area contributed by atoms with Crippen LogP contribution >= 0.6 is 11.6 Å². The third-order valence-corrected chi connectivity index (χ3v) is 5.17. The molecule has 0 spiro atoms.